The van der Waals surface area contributed by atoms with Gasteiger partial charge in [0.2, 0.25) is 5.91 Å². The smallest absolute Gasteiger partial charge is 0.228 e. The number of aromatic nitrogens is 2. The van der Waals surface area contributed by atoms with Crippen LogP contribution in [0.1, 0.15) is 36.2 Å². The van der Waals surface area contributed by atoms with Gasteiger partial charge in [-0.1, -0.05) is 30.3 Å². The quantitative estimate of drug-likeness (QED) is 0.936. The lowest BCUT2D eigenvalue weighted by Crippen LogP contribution is -2.15. The van der Waals surface area contributed by atoms with Gasteiger partial charge in [0.05, 0.1) is 17.1 Å². The zero-order chi connectivity index (χ0) is 15.0. The average Bonchev–Trinajstić information content (AvgIpc) is 3.26. The van der Waals surface area contributed by atoms with E-state index in [-0.39, 0.29) is 11.8 Å². The van der Waals surface area contributed by atoms with Crippen LogP contribution < -0.4 is 5.32 Å². The average molecular weight is 283 g/mol. The number of hydrogen-bond donors (Lipinski definition) is 1. The molecule has 2 atom stereocenters. The molecular weight excluding hydrogens is 262 g/mol. The molecular formula is C17H21N3O. The Labute approximate surface area is 125 Å². The first-order valence-electron chi connectivity index (χ1n) is 7.51. The summed E-state index contributed by atoms with van der Waals surface area (Å²) in [4.78, 5) is 12.4. The molecule has 1 N–H and O–H groups in total. The highest BCUT2D eigenvalue weighted by Gasteiger charge is 2.44. The SMILES string of the molecule is CCn1nc(C)c(NC(=O)[C@@H]2C[C@H]2c2ccccc2)c1C. The standard InChI is InChI=1S/C17H21N3O/c1-4-20-12(3)16(11(2)19-20)18-17(21)15-10-14(15)13-8-6-5-7-9-13/h5-9,14-15H,4,10H2,1-3H3,(H,18,21)/t14-,15+/m0/s1. The van der Waals surface area contributed by atoms with Crippen molar-refractivity contribution in [1.82, 2.24) is 9.78 Å². The predicted molar refractivity (Wildman–Crippen MR) is 83.3 cm³/mol. The van der Waals surface area contributed by atoms with E-state index >= 15 is 0 Å². The van der Waals surface area contributed by atoms with E-state index in [1.807, 2.05) is 36.7 Å². The summed E-state index contributed by atoms with van der Waals surface area (Å²) in [5, 5.41) is 7.51. The Bertz CT molecular complexity index is 660. The number of rotatable bonds is 4. The third-order valence-corrected chi connectivity index (χ3v) is 4.28. The summed E-state index contributed by atoms with van der Waals surface area (Å²) >= 11 is 0. The van der Waals surface area contributed by atoms with Crippen LogP contribution in [-0.4, -0.2) is 15.7 Å². The van der Waals surface area contributed by atoms with Gasteiger partial charge in [-0.05, 0) is 38.7 Å². The first-order valence-corrected chi connectivity index (χ1v) is 7.51. The van der Waals surface area contributed by atoms with Crippen molar-refractivity contribution in [2.75, 3.05) is 5.32 Å². The Balaban J connectivity index is 1.70. The lowest BCUT2D eigenvalue weighted by molar-refractivity contribution is -0.117. The number of hydrogen-bond acceptors (Lipinski definition) is 2. The van der Waals surface area contributed by atoms with Gasteiger partial charge in [-0.3, -0.25) is 9.48 Å². The fraction of sp³-hybridized carbons (Fsp3) is 0.412. The van der Waals surface area contributed by atoms with Crippen molar-refractivity contribution in [3.8, 4) is 0 Å². The minimum absolute atomic E-state index is 0.0937. The molecule has 1 aromatic carbocycles. The molecule has 1 fully saturated rings. The van der Waals surface area contributed by atoms with Gasteiger partial charge in [0.1, 0.15) is 0 Å². The Morgan fingerprint density at radius 2 is 2.05 bits per heavy atom. The third kappa shape index (κ3) is 2.58. The summed E-state index contributed by atoms with van der Waals surface area (Å²) in [7, 11) is 0. The minimum Gasteiger partial charge on any atom is -0.323 e. The van der Waals surface area contributed by atoms with E-state index in [9.17, 15) is 4.79 Å². The van der Waals surface area contributed by atoms with Crippen LogP contribution in [0.3, 0.4) is 0 Å². The summed E-state index contributed by atoms with van der Waals surface area (Å²) in [6, 6.07) is 10.3. The van der Waals surface area contributed by atoms with Crippen LogP contribution in [-0.2, 0) is 11.3 Å². The zero-order valence-electron chi connectivity index (χ0n) is 12.8. The summed E-state index contributed by atoms with van der Waals surface area (Å²) in [6.07, 6.45) is 0.940. The van der Waals surface area contributed by atoms with Crippen LogP contribution in [0.15, 0.2) is 30.3 Å². The van der Waals surface area contributed by atoms with Gasteiger partial charge in [0.25, 0.3) is 0 Å². The molecule has 1 aliphatic carbocycles. The number of anilines is 1. The number of benzene rings is 1. The van der Waals surface area contributed by atoms with E-state index in [1.165, 1.54) is 5.56 Å². The summed E-state index contributed by atoms with van der Waals surface area (Å²) in [5.41, 5.74) is 4.05. The molecule has 0 spiro atoms. The second-order valence-electron chi connectivity index (χ2n) is 5.71. The molecule has 110 valence electrons. The number of carbonyl (C=O) groups excluding carboxylic acids is 1. The number of nitrogens with zero attached hydrogens (tertiary/aromatic N) is 2. The van der Waals surface area contributed by atoms with Crippen LogP contribution in [0.4, 0.5) is 5.69 Å². The largest absolute Gasteiger partial charge is 0.323 e. The van der Waals surface area contributed by atoms with E-state index in [4.69, 9.17) is 0 Å². The van der Waals surface area contributed by atoms with E-state index < -0.39 is 0 Å². The van der Waals surface area contributed by atoms with Crippen molar-refractivity contribution in [2.24, 2.45) is 5.92 Å². The number of aryl methyl sites for hydroxylation is 2. The highest BCUT2D eigenvalue weighted by atomic mass is 16.2. The van der Waals surface area contributed by atoms with Crippen LogP contribution in [0.5, 0.6) is 0 Å². The highest BCUT2D eigenvalue weighted by molar-refractivity contribution is 5.96. The molecule has 1 heterocycles. The normalized spacial score (nSPS) is 20.3. The second kappa shape index (κ2) is 5.35. The molecule has 0 bridgehead atoms. The van der Waals surface area contributed by atoms with Crippen molar-refractivity contribution >= 4 is 11.6 Å². The Hall–Kier alpha value is -2.10. The van der Waals surface area contributed by atoms with Gasteiger partial charge >= 0.3 is 0 Å². The van der Waals surface area contributed by atoms with E-state index in [0.29, 0.717) is 5.92 Å². The van der Waals surface area contributed by atoms with Crippen molar-refractivity contribution < 1.29 is 4.79 Å². The van der Waals surface area contributed by atoms with Gasteiger partial charge < -0.3 is 5.32 Å². The summed E-state index contributed by atoms with van der Waals surface area (Å²) in [5.74, 6) is 0.579. The third-order valence-electron chi connectivity index (χ3n) is 4.28. The van der Waals surface area contributed by atoms with Gasteiger partial charge in [-0.25, -0.2) is 0 Å². The first-order chi connectivity index (χ1) is 10.1. The topological polar surface area (TPSA) is 46.9 Å². The van der Waals surface area contributed by atoms with Gasteiger partial charge in [-0.15, -0.1) is 0 Å². The Morgan fingerprint density at radius 3 is 2.67 bits per heavy atom. The number of amides is 1. The summed E-state index contributed by atoms with van der Waals surface area (Å²) in [6.45, 7) is 6.81. The zero-order valence-corrected chi connectivity index (χ0v) is 12.8. The lowest BCUT2D eigenvalue weighted by atomic mass is 10.1. The number of nitrogens with one attached hydrogen (secondary N) is 1. The summed E-state index contributed by atoms with van der Waals surface area (Å²) < 4.78 is 1.92. The fourth-order valence-electron chi connectivity index (χ4n) is 2.96. The molecule has 0 saturated heterocycles. The predicted octanol–water partition coefficient (Wildman–Crippen LogP) is 3.26. The molecule has 1 aromatic heterocycles. The molecule has 1 amide bonds. The minimum atomic E-state index is 0.0937. The van der Waals surface area contributed by atoms with Crippen molar-refractivity contribution in [3.63, 3.8) is 0 Å². The molecule has 4 nitrogen and oxygen atoms in total. The molecule has 3 rings (SSSR count). The molecule has 0 radical (unpaired) electrons. The highest BCUT2D eigenvalue weighted by Crippen LogP contribution is 2.48. The van der Waals surface area contributed by atoms with Gasteiger partial charge in [-0.2, -0.15) is 5.10 Å². The Morgan fingerprint density at radius 1 is 1.33 bits per heavy atom. The van der Waals surface area contributed by atoms with Gasteiger partial charge in [0.15, 0.2) is 0 Å². The molecule has 21 heavy (non-hydrogen) atoms. The van der Waals surface area contributed by atoms with Crippen LogP contribution in [0, 0.1) is 19.8 Å². The van der Waals surface area contributed by atoms with Crippen LogP contribution in [0.25, 0.3) is 0 Å². The van der Waals surface area contributed by atoms with Crippen LogP contribution in [0.2, 0.25) is 0 Å². The van der Waals surface area contributed by atoms with Gasteiger partial charge in [0, 0.05) is 12.5 Å². The maximum atomic E-state index is 12.4. The monoisotopic (exact) mass is 283 g/mol. The fourth-order valence-corrected chi connectivity index (χ4v) is 2.96. The van der Waals surface area contributed by atoms with Crippen molar-refractivity contribution in [2.45, 2.75) is 39.7 Å². The Kier molecular flexibility index (Phi) is 3.53. The van der Waals surface area contributed by atoms with Crippen molar-refractivity contribution in [1.29, 1.82) is 0 Å². The second-order valence-corrected chi connectivity index (χ2v) is 5.71. The molecule has 1 saturated carbocycles. The lowest BCUT2D eigenvalue weighted by Gasteiger charge is -2.06. The molecule has 2 aromatic rings. The van der Waals surface area contributed by atoms with Crippen LogP contribution >= 0.6 is 0 Å². The molecule has 0 unspecified atom stereocenters. The maximum absolute atomic E-state index is 12.4. The molecule has 0 aliphatic heterocycles. The van der Waals surface area contributed by atoms with E-state index in [0.717, 1.165) is 30.0 Å². The number of carbonyl (C=O) groups is 1. The first kappa shape index (κ1) is 13.9. The molecule has 4 heteroatoms. The van der Waals surface area contributed by atoms with Crippen molar-refractivity contribution in [3.05, 3.63) is 47.3 Å². The maximum Gasteiger partial charge on any atom is 0.228 e. The van der Waals surface area contributed by atoms with E-state index in [1.54, 1.807) is 0 Å². The molecule has 1 aliphatic rings. The van der Waals surface area contributed by atoms with E-state index in [2.05, 4.69) is 29.5 Å².